The minimum Gasteiger partial charge on any atom is -0.494 e. The number of halogens is 1. The maximum absolute atomic E-state index is 12.5. The number of hydrogen-bond donors (Lipinski definition) is 1. The first-order chi connectivity index (χ1) is 12.7. The number of rotatable bonds is 6. The Kier molecular flexibility index (Phi) is 6.36. The van der Waals surface area contributed by atoms with Crippen molar-refractivity contribution in [2.24, 2.45) is 0 Å². The normalized spacial score (nSPS) is 14.2. The van der Waals surface area contributed by atoms with Gasteiger partial charge in [-0.2, -0.15) is 0 Å². The monoisotopic (exact) mass is 374 g/mol. The lowest BCUT2D eigenvalue weighted by atomic mass is 10.1. The molecule has 0 aromatic heterocycles. The molecule has 1 saturated heterocycles. The van der Waals surface area contributed by atoms with Gasteiger partial charge in [0.25, 0.3) is 0 Å². The van der Waals surface area contributed by atoms with Crippen LogP contribution in [-0.4, -0.2) is 38.8 Å². The molecule has 0 saturated carbocycles. The molecule has 3 rings (SSSR count). The minimum absolute atomic E-state index is 0.0778. The van der Waals surface area contributed by atoms with E-state index in [1.807, 2.05) is 49.4 Å². The van der Waals surface area contributed by atoms with Crippen LogP contribution in [0.25, 0.3) is 0 Å². The Morgan fingerprint density at radius 3 is 2.62 bits per heavy atom. The van der Waals surface area contributed by atoms with Crippen molar-refractivity contribution in [2.45, 2.75) is 13.3 Å². The van der Waals surface area contributed by atoms with Crippen LogP contribution in [0.3, 0.4) is 0 Å². The number of hydrogen-bond acceptors (Lipinski definition) is 4. The Bertz CT molecular complexity index is 743. The average molecular weight is 375 g/mol. The van der Waals surface area contributed by atoms with Crippen LogP contribution in [0.5, 0.6) is 5.75 Å². The molecule has 1 N–H and O–H groups in total. The zero-order valence-electron chi connectivity index (χ0n) is 14.8. The van der Waals surface area contributed by atoms with Crippen molar-refractivity contribution >= 4 is 28.9 Å². The fourth-order valence-electron chi connectivity index (χ4n) is 2.97. The molecule has 0 spiro atoms. The van der Waals surface area contributed by atoms with Crippen LogP contribution >= 0.6 is 11.6 Å². The summed E-state index contributed by atoms with van der Waals surface area (Å²) in [6.07, 6.45) is 0.293. The van der Waals surface area contributed by atoms with E-state index in [-0.39, 0.29) is 5.91 Å². The molecular weight excluding hydrogens is 352 g/mol. The number of nitrogens with zero attached hydrogens (tertiary/aromatic N) is 1. The largest absolute Gasteiger partial charge is 0.494 e. The number of ether oxygens (including phenoxy) is 2. The number of amides is 1. The van der Waals surface area contributed by atoms with E-state index in [1.54, 1.807) is 0 Å². The van der Waals surface area contributed by atoms with Crippen LogP contribution in [0.1, 0.15) is 12.5 Å². The highest BCUT2D eigenvalue weighted by Crippen LogP contribution is 2.34. The average Bonchev–Trinajstić information content (AvgIpc) is 2.64. The summed E-state index contributed by atoms with van der Waals surface area (Å²) < 4.78 is 10.8. The van der Waals surface area contributed by atoms with E-state index in [1.165, 1.54) is 0 Å². The molecule has 0 bridgehead atoms. The number of anilines is 2. The third kappa shape index (κ3) is 4.68. The van der Waals surface area contributed by atoms with Crippen molar-refractivity contribution in [2.75, 3.05) is 43.1 Å². The highest BCUT2D eigenvalue weighted by atomic mass is 35.5. The van der Waals surface area contributed by atoms with Gasteiger partial charge < -0.3 is 19.7 Å². The Labute approximate surface area is 158 Å². The molecule has 0 aliphatic carbocycles. The van der Waals surface area contributed by atoms with Crippen molar-refractivity contribution in [3.05, 3.63) is 53.1 Å². The van der Waals surface area contributed by atoms with Gasteiger partial charge >= 0.3 is 0 Å². The molecule has 1 amide bonds. The van der Waals surface area contributed by atoms with Crippen LogP contribution < -0.4 is 15.0 Å². The van der Waals surface area contributed by atoms with Crippen molar-refractivity contribution in [1.29, 1.82) is 0 Å². The first-order valence-electron chi connectivity index (χ1n) is 8.80. The first-order valence-corrected chi connectivity index (χ1v) is 9.18. The van der Waals surface area contributed by atoms with Gasteiger partial charge in [-0.05, 0) is 36.8 Å². The molecule has 138 valence electrons. The second-order valence-electron chi connectivity index (χ2n) is 6.04. The second kappa shape index (κ2) is 8.92. The molecule has 6 heteroatoms. The maximum Gasteiger partial charge on any atom is 0.228 e. The molecule has 2 aromatic carbocycles. The smallest absolute Gasteiger partial charge is 0.228 e. The molecule has 0 atom stereocenters. The minimum atomic E-state index is -0.0778. The van der Waals surface area contributed by atoms with Crippen molar-refractivity contribution in [3.63, 3.8) is 0 Å². The third-order valence-corrected chi connectivity index (χ3v) is 4.49. The summed E-state index contributed by atoms with van der Waals surface area (Å²) in [4.78, 5) is 14.7. The Morgan fingerprint density at radius 2 is 1.92 bits per heavy atom. The lowest BCUT2D eigenvalue weighted by Gasteiger charge is -2.31. The summed E-state index contributed by atoms with van der Waals surface area (Å²) in [6.45, 7) is 5.39. The molecule has 1 aliphatic heterocycles. The van der Waals surface area contributed by atoms with Crippen LogP contribution in [-0.2, 0) is 16.0 Å². The van der Waals surface area contributed by atoms with Gasteiger partial charge in [-0.1, -0.05) is 29.8 Å². The van der Waals surface area contributed by atoms with Gasteiger partial charge in [0.2, 0.25) is 5.91 Å². The molecule has 26 heavy (non-hydrogen) atoms. The molecule has 0 unspecified atom stereocenters. The first kappa shape index (κ1) is 18.5. The number of para-hydroxylation sites is 1. The predicted molar refractivity (Wildman–Crippen MR) is 104 cm³/mol. The quantitative estimate of drug-likeness (QED) is 0.836. The topological polar surface area (TPSA) is 50.8 Å². The summed E-state index contributed by atoms with van der Waals surface area (Å²) in [5.74, 6) is 0.729. The third-order valence-electron chi connectivity index (χ3n) is 4.19. The Hall–Kier alpha value is -2.24. The highest BCUT2D eigenvalue weighted by molar-refractivity contribution is 6.34. The number of benzene rings is 2. The lowest BCUT2D eigenvalue weighted by molar-refractivity contribution is -0.115. The van der Waals surface area contributed by atoms with Gasteiger partial charge in [0.15, 0.2) is 0 Å². The summed E-state index contributed by atoms with van der Waals surface area (Å²) >= 11 is 6.41. The van der Waals surface area contributed by atoms with Crippen LogP contribution in [0.4, 0.5) is 11.4 Å². The standard InChI is InChI=1S/C20H23ClN2O3/c1-2-26-16-8-6-15(7-9-16)14-19(24)22-18-5-3-4-17(21)20(18)23-10-12-25-13-11-23/h3-9H,2,10-14H2,1H3,(H,22,24). The summed E-state index contributed by atoms with van der Waals surface area (Å²) in [5, 5.41) is 3.63. The van der Waals surface area contributed by atoms with E-state index >= 15 is 0 Å². The molecule has 0 radical (unpaired) electrons. The van der Waals surface area contributed by atoms with Crippen LogP contribution in [0, 0.1) is 0 Å². The molecule has 1 aliphatic rings. The van der Waals surface area contributed by atoms with Gasteiger partial charge in [0.05, 0.1) is 42.6 Å². The van der Waals surface area contributed by atoms with Crippen molar-refractivity contribution in [1.82, 2.24) is 0 Å². The highest BCUT2D eigenvalue weighted by Gasteiger charge is 2.19. The lowest BCUT2D eigenvalue weighted by Crippen LogP contribution is -2.37. The number of carbonyl (C=O) groups is 1. The van der Waals surface area contributed by atoms with E-state index in [4.69, 9.17) is 21.1 Å². The van der Waals surface area contributed by atoms with Gasteiger partial charge in [-0.3, -0.25) is 4.79 Å². The Balaban J connectivity index is 1.69. The summed E-state index contributed by atoms with van der Waals surface area (Å²) in [7, 11) is 0. The SMILES string of the molecule is CCOc1ccc(CC(=O)Nc2cccc(Cl)c2N2CCOCC2)cc1. The van der Waals surface area contributed by atoms with Gasteiger partial charge in [0.1, 0.15) is 5.75 Å². The van der Waals surface area contributed by atoms with Gasteiger partial charge in [-0.25, -0.2) is 0 Å². The molecule has 1 heterocycles. The summed E-state index contributed by atoms with van der Waals surface area (Å²) in [5.41, 5.74) is 2.52. The van der Waals surface area contributed by atoms with Crippen molar-refractivity contribution in [3.8, 4) is 5.75 Å². The second-order valence-corrected chi connectivity index (χ2v) is 6.44. The molecule has 2 aromatic rings. The van der Waals surface area contributed by atoms with E-state index in [9.17, 15) is 4.79 Å². The number of carbonyl (C=O) groups excluding carboxylic acids is 1. The number of morpholine rings is 1. The van der Waals surface area contributed by atoms with Gasteiger partial charge in [-0.15, -0.1) is 0 Å². The fraction of sp³-hybridized carbons (Fsp3) is 0.350. The summed E-state index contributed by atoms with van der Waals surface area (Å²) in [6, 6.07) is 13.1. The van der Waals surface area contributed by atoms with Crippen LogP contribution in [0.2, 0.25) is 5.02 Å². The van der Waals surface area contributed by atoms with Crippen molar-refractivity contribution < 1.29 is 14.3 Å². The van der Waals surface area contributed by atoms with Crippen LogP contribution in [0.15, 0.2) is 42.5 Å². The molecule has 1 fully saturated rings. The van der Waals surface area contributed by atoms with E-state index in [0.29, 0.717) is 31.3 Å². The fourth-order valence-corrected chi connectivity index (χ4v) is 3.27. The predicted octanol–water partition coefficient (Wildman–Crippen LogP) is 3.76. The van der Waals surface area contributed by atoms with E-state index in [2.05, 4.69) is 10.2 Å². The zero-order valence-corrected chi connectivity index (χ0v) is 15.6. The Morgan fingerprint density at radius 1 is 1.19 bits per heavy atom. The van der Waals surface area contributed by atoms with E-state index in [0.717, 1.165) is 35.8 Å². The molecular formula is C20H23ClN2O3. The maximum atomic E-state index is 12.5. The molecule has 5 nitrogen and oxygen atoms in total. The van der Waals surface area contributed by atoms with Gasteiger partial charge in [0, 0.05) is 13.1 Å². The zero-order chi connectivity index (χ0) is 18.4. The van der Waals surface area contributed by atoms with E-state index < -0.39 is 0 Å². The number of nitrogens with one attached hydrogen (secondary N) is 1.